The van der Waals surface area contributed by atoms with Crippen LogP contribution in [0.4, 0.5) is 34.3 Å². The van der Waals surface area contributed by atoms with Gasteiger partial charge in [0.05, 0.1) is 0 Å². The van der Waals surface area contributed by atoms with Gasteiger partial charge in [-0.25, -0.2) is 4.98 Å². The number of thiophene rings is 1. The average molecular weight is 620 g/mol. The third kappa shape index (κ3) is 4.87. The third-order valence-electron chi connectivity index (χ3n) is 8.83. The molecule has 0 unspecified atom stereocenters. The molecule has 9 aromatic rings. The number of para-hydroxylation sites is 2. The lowest BCUT2D eigenvalue weighted by atomic mass is 9.99. The second-order valence-corrected chi connectivity index (χ2v) is 12.8. The molecular formula is C43H29N3S. The molecule has 4 heteroatoms. The van der Waals surface area contributed by atoms with Crippen molar-refractivity contribution in [3.63, 3.8) is 0 Å². The molecule has 222 valence electrons. The van der Waals surface area contributed by atoms with E-state index in [0.29, 0.717) is 0 Å². The van der Waals surface area contributed by atoms with Crippen LogP contribution in [-0.4, -0.2) is 4.98 Å². The zero-order valence-electron chi connectivity index (χ0n) is 25.5. The highest BCUT2D eigenvalue weighted by atomic mass is 32.1. The van der Waals surface area contributed by atoms with E-state index in [1.807, 2.05) is 29.7 Å². The van der Waals surface area contributed by atoms with Crippen LogP contribution in [0.15, 0.2) is 176 Å². The molecule has 0 bridgehead atoms. The van der Waals surface area contributed by atoms with Gasteiger partial charge in [-0.1, -0.05) is 84.9 Å². The Balaban J connectivity index is 1.24. The van der Waals surface area contributed by atoms with E-state index < -0.39 is 0 Å². The first kappa shape index (κ1) is 27.3. The van der Waals surface area contributed by atoms with Crippen molar-refractivity contribution in [1.82, 2.24) is 4.98 Å². The van der Waals surface area contributed by atoms with Gasteiger partial charge in [-0.3, -0.25) is 4.90 Å². The number of anilines is 6. The van der Waals surface area contributed by atoms with Gasteiger partial charge < -0.3 is 4.90 Å². The fourth-order valence-corrected chi connectivity index (χ4v) is 7.81. The number of aromatic nitrogens is 1. The summed E-state index contributed by atoms with van der Waals surface area (Å²) in [7, 11) is 0. The van der Waals surface area contributed by atoms with Crippen molar-refractivity contribution in [2.24, 2.45) is 0 Å². The molecule has 0 aliphatic carbocycles. The summed E-state index contributed by atoms with van der Waals surface area (Å²) in [5.41, 5.74) is 5.36. The Kier molecular flexibility index (Phi) is 6.65. The average Bonchev–Trinajstić information content (AvgIpc) is 3.50. The topological polar surface area (TPSA) is 19.4 Å². The largest absolute Gasteiger partial charge is 0.310 e. The second-order valence-electron chi connectivity index (χ2n) is 11.7. The molecule has 2 heterocycles. The lowest BCUT2D eigenvalue weighted by Gasteiger charge is -2.29. The van der Waals surface area contributed by atoms with Crippen LogP contribution in [-0.2, 0) is 0 Å². The Morgan fingerprint density at radius 2 is 0.979 bits per heavy atom. The molecule has 3 nitrogen and oxygen atoms in total. The summed E-state index contributed by atoms with van der Waals surface area (Å²) in [6, 6.07) is 60.6. The highest BCUT2D eigenvalue weighted by Gasteiger charge is 2.18. The maximum absolute atomic E-state index is 4.85. The van der Waals surface area contributed by atoms with Gasteiger partial charge in [-0.15, -0.1) is 11.3 Å². The molecule has 2 aromatic heterocycles. The molecule has 0 atom stereocenters. The quantitative estimate of drug-likeness (QED) is 0.173. The maximum atomic E-state index is 4.85. The monoisotopic (exact) mass is 619 g/mol. The summed E-state index contributed by atoms with van der Waals surface area (Å²) in [6.07, 6.45) is 1.86. The minimum Gasteiger partial charge on any atom is -0.310 e. The standard InChI is InChI=1S/C43H29N3S/c1-3-12-32(13-4-1)45(33-14-5-2-6-15-33)34-16-11-17-35(27-34)46(43-20-9-10-25-44-43)36-24-23-30-21-22-31-26-42-40(29-39(31)38(30)28-36)37-18-7-8-19-41(37)47-42/h1-29H. The van der Waals surface area contributed by atoms with Crippen molar-refractivity contribution in [3.05, 3.63) is 176 Å². The molecule has 7 aromatic carbocycles. The minimum atomic E-state index is 0.862. The fourth-order valence-electron chi connectivity index (χ4n) is 6.67. The summed E-state index contributed by atoms with van der Waals surface area (Å²) in [5.74, 6) is 0.862. The van der Waals surface area contributed by atoms with Gasteiger partial charge in [0.2, 0.25) is 0 Å². The van der Waals surface area contributed by atoms with E-state index in [1.54, 1.807) is 0 Å². The number of fused-ring (bicyclic) bond motifs is 6. The first-order valence-electron chi connectivity index (χ1n) is 15.8. The molecule has 0 spiro atoms. The number of pyridine rings is 1. The third-order valence-corrected chi connectivity index (χ3v) is 9.96. The summed E-state index contributed by atoms with van der Waals surface area (Å²) in [4.78, 5) is 9.40. The second kappa shape index (κ2) is 11.4. The van der Waals surface area contributed by atoms with Crippen LogP contribution in [0.25, 0.3) is 41.7 Å². The normalized spacial score (nSPS) is 11.4. The van der Waals surface area contributed by atoms with Crippen LogP contribution < -0.4 is 9.80 Å². The number of benzene rings is 7. The van der Waals surface area contributed by atoms with Crippen LogP contribution in [0, 0.1) is 0 Å². The molecule has 47 heavy (non-hydrogen) atoms. The lowest BCUT2D eigenvalue weighted by Crippen LogP contribution is -2.13. The van der Waals surface area contributed by atoms with Crippen LogP contribution in [0.1, 0.15) is 0 Å². The zero-order chi connectivity index (χ0) is 31.2. The highest BCUT2D eigenvalue weighted by molar-refractivity contribution is 7.25. The van der Waals surface area contributed by atoms with E-state index >= 15 is 0 Å². The fraction of sp³-hybridized carbons (Fsp3) is 0. The molecule has 0 radical (unpaired) electrons. The molecule has 0 aliphatic rings. The van der Waals surface area contributed by atoms with Crippen molar-refractivity contribution in [1.29, 1.82) is 0 Å². The van der Waals surface area contributed by atoms with E-state index in [1.165, 1.54) is 41.7 Å². The highest BCUT2D eigenvalue weighted by Crippen LogP contribution is 2.42. The molecule has 0 N–H and O–H groups in total. The number of hydrogen-bond donors (Lipinski definition) is 0. The van der Waals surface area contributed by atoms with Crippen molar-refractivity contribution in [2.75, 3.05) is 9.80 Å². The minimum absolute atomic E-state index is 0.862. The smallest absolute Gasteiger partial charge is 0.137 e. The number of rotatable bonds is 6. The molecular weight excluding hydrogens is 591 g/mol. The van der Waals surface area contributed by atoms with E-state index in [9.17, 15) is 0 Å². The van der Waals surface area contributed by atoms with Gasteiger partial charge in [0, 0.05) is 54.8 Å². The van der Waals surface area contributed by atoms with E-state index in [4.69, 9.17) is 4.98 Å². The van der Waals surface area contributed by atoms with Gasteiger partial charge in [0.25, 0.3) is 0 Å². The van der Waals surface area contributed by atoms with Crippen molar-refractivity contribution in [2.45, 2.75) is 0 Å². The van der Waals surface area contributed by atoms with Crippen LogP contribution in [0.2, 0.25) is 0 Å². The zero-order valence-corrected chi connectivity index (χ0v) is 26.3. The molecule has 9 rings (SSSR count). The number of nitrogens with zero attached hydrogens (tertiary/aromatic N) is 3. The SMILES string of the molecule is c1ccc(N(c2ccccc2)c2cccc(N(c3ccc4ccc5cc6sc7ccccc7c6cc5c4c3)c3ccccn3)c2)cc1. The van der Waals surface area contributed by atoms with Gasteiger partial charge in [-0.2, -0.15) is 0 Å². The summed E-state index contributed by atoms with van der Waals surface area (Å²) in [5, 5.41) is 7.58. The predicted molar refractivity (Wildman–Crippen MR) is 202 cm³/mol. The molecule has 0 saturated carbocycles. The Labute approximate surface area is 277 Å². The Bertz CT molecular complexity index is 2490. The first-order valence-corrected chi connectivity index (χ1v) is 16.6. The molecule has 0 aliphatic heterocycles. The molecule has 0 saturated heterocycles. The molecule has 0 amide bonds. The predicted octanol–water partition coefficient (Wildman–Crippen LogP) is 12.7. The Morgan fingerprint density at radius 3 is 1.74 bits per heavy atom. The van der Waals surface area contributed by atoms with Gasteiger partial charge in [0.1, 0.15) is 5.82 Å². The maximum Gasteiger partial charge on any atom is 0.137 e. The Hall–Kier alpha value is -5.97. The number of hydrogen-bond acceptors (Lipinski definition) is 4. The molecule has 0 fully saturated rings. The van der Waals surface area contributed by atoms with E-state index in [0.717, 1.165) is 34.3 Å². The van der Waals surface area contributed by atoms with Crippen LogP contribution in [0.5, 0.6) is 0 Å². The van der Waals surface area contributed by atoms with E-state index in [2.05, 4.69) is 168 Å². The van der Waals surface area contributed by atoms with E-state index in [-0.39, 0.29) is 0 Å². The Morgan fingerprint density at radius 1 is 0.362 bits per heavy atom. The van der Waals surface area contributed by atoms with Gasteiger partial charge >= 0.3 is 0 Å². The lowest BCUT2D eigenvalue weighted by molar-refractivity contribution is 1.18. The first-order chi connectivity index (χ1) is 23.3. The van der Waals surface area contributed by atoms with Crippen molar-refractivity contribution in [3.8, 4) is 0 Å². The van der Waals surface area contributed by atoms with Crippen molar-refractivity contribution < 1.29 is 0 Å². The van der Waals surface area contributed by atoms with Gasteiger partial charge in [-0.05, 0) is 106 Å². The van der Waals surface area contributed by atoms with Gasteiger partial charge in [0.15, 0.2) is 0 Å². The summed E-state index contributed by atoms with van der Waals surface area (Å²) >= 11 is 1.86. The van der Waals surface area contributed by atoms with Crippen LogP contribution in [0.3, 0.4) is 0 Å². The van der Waals surface area contributed by atoms with Crippen LogP contribution >= 0.6 is 11.3 Å². The summed E-state index contributed by atoms with van der Waals surface area (Å²) < 4.78 is 2.64. The summed E-state index contributed by atoms with van der Waals surface area (Å²) in [6.45, 7) is 0. The van der Waals surface area contributed by atoms with Crippen molar-refractivity contribution >= 4 is 87.3 Å².